The summed E-state index contributed by atoms with van der Waals surface area (Å²) < 4.78 is 1.87. The topological polar surface area (TPSA) is 74.6 Å². The minimum Gasteiger partial charge on any atom is -0.352 e. The largest absolute Gasteiger partial charge is 0.352 e. The number of nitrogens with one attached hydrogen (secondary N) is 2. The molecule has 31 heavy (non-hydrogen) atoms. The Labute approximate surface area is 201 Å². The van der Waals surface area contributed by atoms with Gasteiger partial charge in [0.05, 0.1) is 17.9 Å². The molecule has 168 valence electrons. The van der Waals surface area contributed by atoms with Crippen LogP contribution in [-0.4, -0.2) is 52.7 Å². The van der Waals surface area contributed by atoms with Crippen LogP contribution in [0.1, 0.15) is 44.2 Å². The fourth-order valence-electron chi connectivity index (χ4n) is 4.43. The van der Waals surface area contributed by atoms with Gasteiger partial charge in [-0.2, -0.15) is 5.10 Å². The van der Waals surface area contributed by atoms with E-state index < -0.39 is 0 Å². The van der Waals surface area contributed by atoms with Crippen molar-refractivity contribution in [1.29, 1.82) is 0 Å². The van der Waals surface area contributed by atoms with Crippen LogP contribution in [0.3, 0.4) is 0 Å². The number of halogens is 1. The van der Waals surface area contributed by atoms with Gasteiger partial charge in [0.15, 0.2) is 5.96 Å². The van der Waals surface area contributed by atoms with Gasteiger partial charge in [-0.05, 0) is 37.5 Å². The maximum atomic E-state index is 12.8. The number of hydrogen-bond acceptors (Lipinski definition) is 3. The quantitative estimate of drug-likeness (QED) is 0.350. The average Bonchev–Trinajstić information content (AvgIpc) is 3.47. The molecule has 8 heteroatoms. The number of amides is 1. The standard InChI is InChI=1S/C23H32N6O.HI/c1-24-23(25-16-19-13-15-29(27-19)21-10-6-3-7-11-21)26-20-12-14-28(17-20)22(30)18-8-4-2-5-9-18;/h3,6-7,10-11,13,15,18,20H,2,4-5,8-9,12,14,16-17H2,1H3,(H2,24,25,26);1H. The summed E-state index contributed by atoms with van der Waals surface area (Å²) in [5, 5.41) is 11.4. The average molecular weight is 536 g/mol. The second kappa shape index (κ2) is 11.5. The number of rotatable bonds is 5. The minimum absolute atomic E-state index is 0. The first kappa shape index (κ1) is 23.6. The summed E-state index contributed by atoms with van der Waals surface area (Å²) in [6, 6.07) is 12.3. The van der Waals surface area contributed by atoms with Gasteiger partial charge in [0, 0.05) is 38.3 Å². The Balaban J connectivity index is 0.00000272. The maximum absolute atomic E-state index is 12.8. The van der Waals surface area contributed by atoms with Crippen molar-refractivity contribution >= 4 is 35.8 Å². The molecule has 1 saturated heterocycles. The van der Waals surface area contributed by atoms with Crippen LogP contribution in [-0.2, 0) is 11.3 Å². The van der Waals surface area contributed by atoms with E-state index in [1.807, 2.05) is 52.2 Å². The molecule has 2 N–H and O–H groups in total. The van der Waals surface area contributed by atoms with Crippen molar-refractivity contribution in [2.45, 2.75) is 51.1 Å². The van der Waals surface area contributed by atoms with Gasteiger partial charge in [-0.1, -0.05) is 37.5 Å². The monoisotopic (exact) mass is 536 g/mol. The van der Waals surface area contributed by atoms with E-state index >= 15 is 0 Å². The lowest BCUT2D eigenvalue weighted by Gasteiger charge is -2.26. The number of aromatic nitrogens is 2. The number of guanidine groups is 1. The predicted molar refractivity (Wildman–Crippen MR) is 134 cm³/mol. The number of benzene rings is 1. The molecular formula is C23H33IN6O. The molecule has 1 aliphatic heterocycles. The Bertz CT molecular complexity index is 862. The Hall–Kier alpha value is -2.10. The van der Waals surface area contributed by atoms with E-state index in [2.05, 4.69) is 20.7 Å². The van der Waals surface area contributed by atoms with Crippen LogP contribution < -0.4 is 10.6 Å². The van der Waals surface area contributed by atoms with Crippen LogP contribution in [0, 0.1) is 5.92 Å². The number of likely N-dealkylation sites (tertiary alicyclic amines) is 1. The summed E-state index contributed by atoms with van der Waals surface area (Å²) in [5.74, 6) is 1.35. The Morgan fingerprint density at radius 1 is 1.13 bits per heavy atom. The van der Waals surface area contributed by atoms with Gasteiger partial charge in [0.2, 0.25) is 5.91 Å². The van der Waals surface area contributed by atoms with Crippen molar-refractivity contribution in [3.8, 4) is 5.69 Å². The summed E-state index contributed by atoms with van der Waals surface area (Å²) in [7, 11) is 1.78. The number of nitrogens with zero attached hydrogens (tertiary/aromatic N) is 4. The van der Waals surface area contributed by atoms with Crippen molar-refractivity contribution in [3.63, 3.8) is 0 Å². The molecule has 1 aromatic carbocycles. The second-order valence-corrected chi connectivity index (χ2v) is 8.26. The lowest BCUT2D eigenvalue weighted by Crippen LogP contribution is -2.45. The number of hydrogen-bond donors (Lipinski definition) is 2. The van der Waals surface area contributed by atoms with E-state index in [9.17, 15) is 4.79 Å². The van der Waals surface area contributed by atoms with E-state index in [0.29, 0.717) is 12.5 Å². The molecule has 1 saturated carbocycles. The van der Waals surface area contributed by atoms with Crippen molar-refractivity contribution in [1.82, 2.24) is 25.3 Å². The fraction of sp³-hybridized carbons (Fsp3) is 0.522. The van der Waals surface area contributed by atoms with Crippen LogP contribution in [0.5, 0.6) is 0 Å². The molecule has 4 rings (SSSR count). The molecule has 0 radical (unpaired) electrons. The van der Waals surface area contributed by atoms with Gasteiger partial charge in [0.25, 0.3) is 0 Å². The Morgan fingerprint density at radius 2 is 1.90 bits per heavy atom. The molecule has 2 fully saturated rings. The molecular weight excluding hydrogens is 503 g/mol. The highest BCUT2D eigenvalue weighted by Crippen LogP contribution is 2.26. The Kier molecular flexibility index (Phi) is 8.74. The summed E-state index contributed by atoms with van der Waals surface area (Å²) in [6.45, 7) is 2.20. The van der Waals surface area contributed by atoms with Gasteiger partial charge < -0.3 is 15.5 Å². The molecule has 2 heterocycles. The van der Waals surface area contributed by atoms with Gasteiger partial charge in [0.1, 0.15) is 0 Å². The third-order valence-corrected chi connectivity index (χ3v) is 6.12. The normalized spacial score (nSPS) is 19.7. The first-order chi connectivity index (χ1) is 14.7. The molecule has 1 aliphatic carbocycles. The summed E-state index contributed by atoms with van der Waals surface area (Å²) >= 11 is 0. The minimum atomic E-state index is 0. The van der Waals surface area contributed by atoms with Gasteiger partial charge in [-0.25, -0.2) is 4.68 Å². The first-order valence-corrected chi connectivity index (χ1v) is 11.1. The fourth-order valence-corrected chi connectivity index (χ4v) is 4.43. The predicted octanol–water partition coefficient (Wildman–Crippen LogP) is 3.34. The summed E-state index contributed by atoms with van der Waals surface area (Å²) in [6.07, 6.45) is 8.72. The van der Waals surface area contributed by atoms with Crippen LogP contribution in [0.4, 0.5) is 0 Å². The molecule has 1 atom stereocenters. The van der Waals surface area contributed by atoms with Crippen LogP contribution in [0.15, 0.2) is 47.6 Å². The molecule has 0 spiro atoms. The maximum Gasteiger partial charge on any atom is 0.225 e. The second-order valence-electron chi connectivity index (χ2n) is 8.26. The summed E-state index contributed by atoms with van der Waals surface area (Å²) in [4.78, 5) is 19.2. The smallest absolute Gasteiger partial charge is 0.225 e. The zero-order chi connectivity index (χ0) is 20.8. The van der Waals surface area contributed by atoms with Gasteiger partial charge >= 0.3 is 0 Å². The van der Waals surface area contributed by atoms with E-state index in [4.69, 9.17) is 0 Å². The number of para-hydroxylation sites is 1. The van der Waals surface area contributed by atoms with Crippen molar-refractivity contribution in [2.75, 3.05) is 20.1 Å². The zero-order valence-electron chi connectivity index (χ0n) is 18.2. The molecule has 1 unspecified atom stereocenters. The number of aliphatic imine (C=N–C) groups is 1. The third-order valence-electron chi connectivity index (χ3n) is 6.12. The van der Waals surface area contributed by atoms with Crippen LogP contribution >= 0.6 is 24.0 Å². The zero-order valence-corrected chi connectivity index (χ0v) is 20.5. The summed E-state index contributed by atoms with van der Waals surface area (Å²) in [5.41, 5.74) is 1.99. The highest BCUT2D eigenvalue weighted by Gasteiger charge is 2.31. The van der Waals surface area contributed by atoms with Crippen molar-refractivity contribution < 1.29 is 4.79 Å². The number of carbonyl (C=O) groups is 1. The van der Waals surface area contributed by atoms with E-state index in [-0.39, 0.29) is 35.9 Å². The SMILES string of the molecule is CN=C(NCc1ccn(-c2ccccc2)n1)NC1CCN(C(=O)C2CCCCC2)C1.I. The Morgan fingerprint density at radius 3 is 2.65 bits per heavy atom. The van der Waals surface area contributed by atoms with Crippen molar-refractivity contribution in [3.05, 3.63) is 48.3 Å². The van der Waals surface area contributed by atoms with Crippen molar-refractivity contribution in [2.24, 2.45) is 10.9 Å². The van der Waals surface area contributed by atoms with E-state index in [1.165, 1.54) is 19.3 Å². The van der Waals surface area contributed by atoms with E-state index in [0.717, 1.165) is 49.7 Å². The lowest BCUT2D eigenvalue weighted by atomic mass is 9.88. The number of carbonyl (C=O) groups excluding carboxylic acids is 1. The molecule has 7 nitrogen and oxygen atoms in total. The highest BCUT2D eigenvalue weighted by molar-refractivity contribution is 14.0. The molecule has 1 aromatic heterocycles. The molecule has 2 aliphatic rings. The molecule has 1 amide bonds. The molecule has 2 aromatic rings. The highest BCUT2D eigenvalue weighted by atomic mass is 127. The first-order valence-electron chi connectivity index (χ1n) is 11.1. The molecule has 0 bridgehead atoms. The van der Waals surface area contributed by atoms with Gasteiger partial charge in [-0.3, -0.25) is 9.79 Å². The van der Waals surface area contributed by atoms with Crippen LogP contribution in [0.25, 0.3) is 5.69 Å². The van der Waals surface area contributed by atoms with E-state index in [1.54, 1.807) is 7.05 Å². The third kappa shape index (κ3) is 6.21. The van der Waals surface area contributed by atoms with Crippen LogP contribution in [0.2, 0.25) is 0 Å². The lowest BCUT2D eigenvalue weighted by molar-refractivity contribution is -0.135. The van der Waals surface area contributed by atoms with Gasteiger partial charge in [-0.15, -0.1) is 24.0 Å².